The molecule has 0 aliphatic carbocycles. The summed E-state index contributed by atoms with van der Waals surface area (Å²) in [7, 11) is 0. The van der Waals surface area contributed by atoms with Gasteiger partial charge in [0.1, 0.15) is 18.3 Å². The molecule has 0 rings (SSSR count). The molecule has 0 bridgehead atoms. The van der Waals surface area contributed by atoms with Gasteiger partial charge >= 0.3 is 5.97 Å². The average molecular weight is 374 g/mol. The second-order valence-electron chi connectivity index (χ2n) is 4.30. The summed E-state index contributed by atoms with van der Waals surface area (Å²) in [6.07, 6.45) is -4.58. The number of carboxylic acids is 1. The minimum Gasteiger partial charge on any atom is -0.479 e. The minimum absolute atomic E-state index is 0. The van der Waals surface area contributed by atoms with Gasteiger partial charge in [0.05, 0.1) is 6.42 Å². The number of ketones is 1. The van der Waals surface area contributed by atoms with Crippen LogP contribution in [0.3, 0.4) is 0 Å². The topological polar surface area (TPSA) is 135 Å². The molecule has 152 valence electrons. The number of Topliss-reactive ketones (excluding diaryl/α,β-unsaturated/α-hetero) is 1. The van der Waals surface area contributed by atoms with Gasteiger partial charge in [-0.2, -0.15) is 0 Å². The molecule has 5 N–H and O–H groups in total. The molecule has 4 atom stereocenters. The number of aliphatic hydroxyl groups excluding tert-OH is 4. The number of carbonyl (C=O) groups excluding carboxylic acids is 1. The van der Waals surface area contributed by atoms with Gasteiger partial charge in [-0.3, -0.25) is 4.79 Å². The molecule has 0 radical (unpaired) electrons. The van der Waals surface area contributed by atoms with Gasteiger partial charge in [-0.1, -0.05) is 5.92 Å². The van der Waals surface area contributed by atoms with E-state index in [1.165, 1.54) is 0 Å². The van der Waals surface area contributed by atoms with Crippen LogP contribution in [0.25, 0.3) is 0 Å². The van der Waals surface area contributed by atoms with Gasteiger partial charge in [0.2, 0.25) is 0 Å². The van der Waals surface area contributed by atoms with Crippen molar-refractivity contribution in [1.29, 1.82) is 0 Å². The summed E-state index contributed by atoms with van der Waals surface area (Å²) >= 11 is 0. The number of rotatable bonds is 6. The minimum atomic E-state index is -2.36. The van der Waals surface area contributed by atoms with Gasteiger partial charge in [-0.15, -0.1) is 6.42 Å². The van der Waals surface area contributed by atoms with Gasteiger partial charge in [0.25, 0.3) is 0 Å². The summed E-state index contributed by atoms with van der Waals surface area (Å²) in [6.45, 7) is 0. The van der Waals surface area contributed by atoms with Crippen LogP contribution in [0.5, 0.6) is 0 Å². The monoisotopic (exact) mass is 374 g/mol. The van der Waals surface area contributed by atoms with Gasteiger partial charge in [-0.25, -0.2) is 4.79 Å². The Labute approximate surface area is 166 Å². The van der Waals surface area contributed by atoms with Crippen LogP contribution in [-0.4, -0.2) is 61.7 Å². The smallest absolute Gasteiger partial charge is 0.335 e. The Kier molecular flexibility index (Phi) is 10.9. The molecular weight excluding hydrogens is 340 g/mol. The first-order chi connectivity index (χ1) is 12.3. The van der Waals surface area contributed by atoms with E-state index in [0.29, 0.717) is 0 Å². The fraction of sp³-hybridized carbons (Fsp3) is 0.263. The highest BCUT2D eigenvalue weighted by atomic mass is 16.4. The van der Waals surface area contributed by atoms with Crippen molar-refractivity contribution in [2.45, 2.75) is 30.8 Å². The molecule has 7 heteroatoms. The van der Waals surface area contributed by atoms with Crippen molar-refractivity contribution in [1.82, 2.24) is 0 Å². The molecule has 0 saturated heterocycles. The molecule has 0 fully saturated rings. The molecule has 0 amide bonds. The Hall–Kier alpha value is -3.66. The Morgan fingerprint density at radius 1 is 0.769 bits per heavy atom. The number of carbonyl (C=O) groups is 2. The number of carboxylic acid groups (broad SMARTS) is 1. The van der Waals surface area contributed by atoms with Crippen molar-refractivity contribution in [3.63, 3.8) is 0 Å². The van der Waals surface area contributed by atoms with Gasteiger partial charge in [0.15, 0.2) is 11.9 Å². The molecule has 0 saturated carbocycles. The van der Waals surface area contributed by atoms with E-state index in [1.807, 2.05) is 0 Å². The molecular formula is C19H34O7. The van der Waals surface area contributed by atoms with Crippen LogP contribution in [0, 0.1) is 71.5 Å². The van der Waals surface area contributed by atoms with Crippen LogP contribution >= 0.6 is 0 Å². The van der Waals surface area contributed by atoms with Gasteiger partial charge in [-0.05, 0) is 59.2 Å². The third-order valence-corrected chi connectivity index (χ3v) is 2.50. The maximum absolute atomic E-state index is 11.6. The Bertz CT molecular complexity index is 915. The molecule has 0 unspecified atom stereocenters. The second kappa shape index (κ2) is 12.7. The molecule has 0 aromatic heterocycles. The molecule has 0 aliphatic heterocycles. The van der Waals surface area contributed by atoms with Crippen molar-refractivity contribution in [3.8, 4) is 71.5 Å². The van der Waals surface area contributed by atoms with E-state index in [-0.39, 0.29) is 15.7 Å². The summed E-state index contributed by atoms with van der Waals surface area (Å²) in [4.78, 5) is 22.0. The number of hydrogen-bond donors (Lipinski definition) is 5. The third-order valence-electron chi connectivity index (χ3n) is 2.50. The van der Waals surface area contributed by atoms with Crippen molar-refractivity contribution in [3.05, 3.63) is 0 Å². The zero-order chi connectivity index (χ0) is 19.9. The SMILES string of the molecule is C#CC#CC#CC#CC#CC#CCC(=O)[C@@H](O)[C@H](O)[C@@H](O)[C@@H](O)C(=O)O.[HH].[HH].[HH].[HH].[HH].[HH].[HH].[HH].[HH].[HH].[HH]. The van der Waals surface area contributed by atoms with Crippen LogP contribution in [0.1, 0.15) is 22.1 Å². The van der Waals surface area contributed by atoms with E-state index >= 15 is 0 Å². The number of terminal acetylenes is 1. The Morgan fingerprint density at radius 2 is 1.19 bits per heavy atom. The predicted molar refractivity (Wildman–Crippen MR) is 112 cm³/mol. The van der Waals surface area contributed by atoms with Crippen LogP contribution < -0.4 is 0 Å². The fourth-order valence-electron chi connectivity index (χ4n) is 1.24. The molecule has 26 heavy (non-hydrogen) atoms. The second-order valence-corrected chi connectivity index (χ2v) is 4.30. The lowest BCUT2D eigenvalue weighted by molar-refractivity contribution is -0.165. The quantitative estimate of drug-likeness (QED) is 0.407. The highest BCUT2D eigenvalue weighted by Crippen LogP contribution is 2.07. The van der Waals surface area contributed by atoms with Gasteiger partial charge in [0, 0.05) is 15.7 Å². The lowest BCUT2D eigenvalue weighted by Gasteiger charge is -2.23. The summed E-state index contributed by atoms with van der Waals surface area (Å²) in [6, 6.07) is 0. The molecule has 0 spiro atoms. The zero-order valence-corrected chi connectivity index (χ0v) is 13.1. The summed E-state index contributed by atoms with van der Waals surface area (Å²) in [5, 5.41) is 45.9. The van der Waals surface area contributed by atoms with Crippen molar-refractivity contribution in [2.75, 3.05) is 0 Å². The van der Waals surface area contributed by atoms with Crippen molar-refractivity contribution < 1.29 is 50.8 Å². The lowest BCUT2D eigenvalue weighted by Crippen LogP contribution is -2.49. The van der Waals surface area contributed by atoms with Crippen molar-refractivity contribution in [2.24, 2.45) is 0 Å². The Morgan fingerprint density at radius 3 is 1.65 bits per heavy atom. The predicted octanol–water partition coefficient (Wildman–Crippen LogP) is -0.170. The number of aliphatic carboxylic acids is 1. The number of aliphatic hydroxyl groups is 4. The first kappa shape index (κ1) is 22.3. The van der Waals surface area contributed by atoms with Crippen LogP contribution in [0.4, 0.5) is 0 Å². The standard InChI is InChI=1S/C19H12O7.11H2/c1-2-3-4-5-6-7-8-9-10-11-12-13-14(20)15(21)16(22)17(23)18(24)19(25)26;;;;;;;;;;;/h1,15-18,21-24H,13H2,(H,25,26);11*1H/t15-,16+,17-,18-;;;;;;;;;;;/m1.........../s1. The largest absolute Gasteiger partial charge is 0.479 e. The molecule has 0 aliphatic rings. The van der Waals surface area contributed by atoms with E-state index < -0.39 is 42.6 Å². The zero-order valence-electron chi connectivity index (χ0n) is 13.1. The summed E-state index contributed by atoms with van der Waals surface area (Å²) in [5.41, 5.74) is 0. The molecule has 0 heterocycles. The number of hydrogen-bond acceptors (Lipinski definition) is 6. The van der Waals surface area contributed by atoms with Gasteiger partial charge < -0.3 is 25.5 Å². The van der Waals surface area contributed by atoms with E-state index in [1.54, 1.807) is 0 Å². The third kappa shape index (κ3) is 8.84. The lowest BCUT2D eigenvalue weighted by atomic mass is 9.99. The first-order valence-electron chi connectivity index (χ1n) is 6.74. The van der Waals surface area contributed by atoms with E-state index in [9.17, 15) is 24.9 Å². The maximum atomic E-state index is 11.6. The molecule has 7 nitrogen and oxygen atoms in total. The summed E-state index contributed by atoms with van der Waals surface area (Å²) in [5.74, 6) is 22.3. The van der Waals surface area contributed by atoms with E-state index in [2.05, 4.69) is 65.1 Å². The Balaban J connectivity index is -0.0000000568. The molecule has 0 aromatic carbocycles. The first-order valence-corrected chi connectivity index (χ1v) is 6.74. The molecule has 0 aromatic rings. The fourth-order valence-corrected chi connectivity index (χ4v) is 1.24. The van der Waals surface area contributed by atoms with Crippen LogP contribution in [0.2, 0.25) is 0 Å². The van der Waals surface area contributed by atoms with E-state index in [4.69, 9.17) is 16.6 Å². The van der Waals surface area contributed by atoms with Crippen LogP contribution in [0.15, 0.2) is 0 Å². The maximum Gasteiger partial charge on any atom is 0.335 e. The highest BCUT2D eigenvalue weighted by molar-refractivity contribution is 5.86. The van der Waals surface area contributed by atoms with Crippen molar-refractivity contribution >= 4 is 11.8 Å². The summed E-state index contributed by atoms with van der Waals surface area (Å²) < 4.78 is 0. The highest BCUT2D eigenvalue weighted by Gasteiger charge is 2.36. The average Bonchev–Trinajstić information content (AvgIpc) is 2.63. The van der Waals surface area contributed by atoms with E-state index in [0.717, 1.165) is 0 Å². The normalized spacial score (nSPS) is 12.6. The van der Waals surface area contributed by atoms with Crippen LogP contribution in [-0.2, 0) is 9.59 Å².